The van der Waals surface area contributed by atoms with Crippen LogP contribution < -0.4 is 5.11 Å². The molecule has 0 bridgehead atoms. The van der Waals surface area contributed by atoms with Gasteiger partial charge >= 0.3 is 0 Å². The monoisotopic (exact) mass is 152 g/mol. The third-order valence-corrected chi connectivity index (χ3v) is 1.13. The number of carboxylic acids is 1. The summed E-state index contributed by atoms with van der Waals surface area (Å²) in [6, 6.07) is 1.67. The molecule has 0 amide bonds. The molecule has 0 spiro atoms. The summed E-state index contributed by atoms with van der Waals surface area (Å²) in [5.74, 6) is -1.02. The Bertz CT molecular complexity index is 211. The normalized spacial score (nSPS) is 11.3. The van der Waals surface area contributed by atoms with Crippen molar-refractivity contribution in [3.63, 3.8) is 0 Å². The van der Waals surface area contributed by atoms with E-state index in [1.165, 1.54) is 0 Å². The summed E-state index contributed by atoms with van der Waals surface area (Å²) in [7, 11) is 0. The van der Waals surface area contributed by atoms with E-state index in [0.717, 1.165) is 6.08 Å². The molecule has 0 saturated carbocycles. The zero-order valence-corrected chi connectivity index (χ0v) is 6.63. The Morgan fingerprint density at radius 2 is 2.27 bits per heavy atom. The highest BCUT2D eigenvalue weighted by Crippen LogP contribution is 2.08. The van der Waals surface area contributed by atoms with Gasteiger partial charge in [-0.05, 0) is 17.9 Å². The maximum absolute atomic E-state index is 10.3. The number of nitrogens with zero attached hydrogens (tertiary/aromatic N) is 1. The molecule has 0 heterocycles. The van der Waals surface area contributed by atoms with Crippen molar-refractivity contribution in [1.29, 1.82) is 5.26 Å². The lowest BCUT2D eigenvalue weighted by molar-refractivity contribution is -0.299. The van der Waals surface area contributed by atoms with Crippen molar-refractivity contribution in [1.82, 2.24) is 0 Å². The second-order valence-electron chi connectivity index (χ2n) is 2.68. The van der Waals surface area contributed by atoms with Crippen LogP contribution in [-0.2, 0) is 4.79 Å². The van der Waals surface area contributed by atoms with Gasteiger partial charge in [0.25, 0.3) is 0 Å². The van der Waals surface area contributed by atoms with Gasteiger partial charge in [0.15, 0.2) is 0 Å². The van der Waals surface area contributed by atoms with E-state index < -0.39 is 5.97 Å². The third kappa shape index (κ3) is 4.15. The molecule has 3 heteroatoms. The van der Waals surface area contributed by atoms with Gasteiger partial charge in [0, 0.05) is 6.08 Å². The van der Waals surface area contributed by atoms with Crippen LogP contribution in [0.25, 0.3) is 0 Å². The maximum Gasteiger partial charge on any atom is 0.0915 e. The van der Waals surface area contributed by atoms with E-state index in [2.05, 4.69) is 0 Å². The molecule has 60 valence electrons. The van der Waals surface area contributed by atoms with Crippen molar-refractivity contribution >= 4 is 5.97 Å². The van der Waals surface area contributed by atoms with Gasteiger partial charge in [-0.1, -0.05) is 13.8 Å². The number of hydrogen-bond acceptors (Lipinski definition) is 3. The molecule has 0 rings (SSSR count). The minimum absolute atomic E-state index is 0.0718. The van der Waals surface area contributed by atoms with Gasteiger partial charge in [-0.15, -0.1) is 0 Å². The second kappa shape index (κ2) is 4.51. The van der Waals surface area contributed by atoms with Crippen LogP contribution in [0.2, 0.25) is 0 Å². The van der Waals surface area contributed by atoms with Crippen molar-refractivity contribution in [2.24, 2.45) is 5.92 Å². The van der Waals surface area contributed by atoms with E-state index in [9.17, 15) is 9.90 Å². The highest BCUT2D eigenvalue weighted by atomic mass is 16.4. The van der Waals surface area contributed by atoms with E-state index in [-0.39, 0.29) is 11.5 Å². The molecule has 0 aromatic carbocycles. The Kier molecular flexibility index (Phi) is 3.97. The molecular weight excluding hydrogens is 142 g/mol. The number of rotatable bonds is 3. The molecule has 0 unspecified atom stereocenters. The van der Waals surface area contributed by atoms with Gasteiger partial charge < -0.3 is 9.90 Å². The average molecular weight is 152 g/mol. The van der Waals surface area contributed by atoms with E-state index in [1.54, 1.807) is 6.07 Å². The first kappa shape index (κ1) is 9.70. The highest BCUT2D eigenvalue weighted by Gasteiger charge is 2.01. The zero-order valence-electron chi connectivity index (χ0n) is 6.63. The number of carboxylic acid groups (broad SMARTS) is 1. The molecule has 0 atom stereocenters. The lowest BCUT2D eigenvalue weighted by Crippen LogP contribution is -2.25. The predicted octanol–water partition coefficient (Wildman–Crippen LogP) is 0.232. The quantitative estimate of drug-likeness (QED) is 0.429. The Labute approximate surface area is 66.0 Å². The molecule has 0 aliphatic carbocycles. The standard InChI is InChI=1S/C8H11NO2/c1-6(2)5-7(3-4-9)8(10)11/h3,6H,5H2,1-2H3,(H,10,11)/p-1/b7-3-. The minimum atomic E-state index is -1.25. The summed E-state index contributed by atoms with van der Waals surface area (Å²) < 4.78 is 0. The first-order valence-corrected chi connectivity index (χ1v) is 3.38. The fraction of sp³-hybridized carbons (Fsp3) is 0.500. The number of allylic oxidation sites excluding steroid dienone is 1. The lowest BCUT2D eigenvalue weighted by Gasteiger charge is -2.08. The van der Waals surface area contributed by atoms with Crippen molar-refractivity contribution in [2.75, 3.05) is 0 Å². The number of hydrogen-bond donors (Lipinski definition) is 0. The smallest absolute Gasteiger partial charge is 0.0915 e. The number of carbonyl (C=O) groups excluding carboxylic acids is 1. The van der Waals surface area contributed by atoms with Crippen molar-refractivity contribution in [2.45, 2.75) is 20.3 Å². The second-order valence-corrected chi connectivity index (χ2v) is 2.68. The van der Waals surface area contributed by atoms with Crippen LogP contribution in [0.15, 0.2) is 11.6 Å². The van der Waals surface area contributed by atoms with Crippen LogP contribution in [0.4, 0.5) is 0 Å². The van der Waals surface area contributed by atoms with Crippen LogP contribution in [-0.4, -0.2) is 5.97 Å². The van der Waals surface area contributed by atoms with Crippen molar-refractivity contribution in [3.8, 4) is 6.07 Å². The van der Waals surface area contributed by atoms with Gasteiger partial charge in [-0.2, -0.15) is 5.26 Å². The minimum Gasteiger partial charge on any atom is -0.545 e. The van der Waals surface area contributed by atoms with E-state index in [4.69, 9.17) is 5.26 Å². The van der Waals surface area contributed by atoms with Gasteiger partial charge in [0.05, 0.1) is 12.0 Å². The topological polar surface area (TPSA) is 63.9 Å². The predicted molar refractivity (Wildman–Crippen MR) is 38.2 cm³/mol. The average Bonchev–Trinajstić information content (AvgIpc) is 1.86. The molecule has 0 N–H and O–H groups in total. The molecule has 0 aromatic rings. The van der Waals surface area contributed by atoms with Crippen LogP contribution in [0.3, 0.4) is 0 Å². The van der Waals surface area contributed by atoms with Crippen molar-refractivity contribution < 1.29 is 9.90 Å². The van der Waals surface area contributed by atoms with Gasteiger partial charge in [-0.3, -0.25) is 0 Å². The maximum atomic E-state index is 10.3. The molecular formula is C8H10NO2-. The summed E-state index contributed by atoms with van der Waals surface area (Å²) in [5.41, 5.74) is 0.0718. The summed E-state index contributed by atoms with van der Waals surface area (Å²) >= 11 is 0. The Hall–Kier alpha value is -1.30. The molecule has 0 saturated heterocycles. The fourth-order valence-corrected chi connectivity index (χ4v) is 0.719. The summed E-state index contributed by atoms with van der Waals surface area (Å²) in [6.45, 7) is 3.77. The Morgan fingerprint density at radius 3 is 2.55 bits per heavy atom. The first-order chi connectivity index (χ1) is 5.07. The number of nitriles is 1. The van der Waals surface area contributed by atoms with Crippen LogP contribution in [0.1, 0.15) is 20.3 Å². The number of carbonyl (C=O) groups is 1. The van der Waals surface area contributed by atoms with Crippen LogP contribution in [0.5, 0.6) is 0 Å². The number of aliphatic carboxylic acids is 1. The molecule has 0 fully saturated rings. The first-order valence-electron chi connectivity index (χ1n) is 3.38. The fourth-order valence-electron chi connectivity index (χ4n) is 0.719. The molecule has 0 aliphatic heterocycles. The van der Waals surface area contributed by atoms with Gasteiger partial charge in [0.1, 0.15) is 0 Å². The van der Waals surface area contributed by atoms with Gasteiger partial charge in [0.2, 0.25) is 0 Å². The zero-order chi connectivity index (χ0) is 8.85. The SMILES string of the molecule is CC(C)C/C(=C/C#N)C(=O)[O-]. The Morgan fingerprint density at radius 1 is 1.73 bits per heavy atom. The molecule has 0 aliphatic rings. The van der Waals surface area contributed by atoms with E-state index in [1.807, 2.05) is 13.8 Å². The summed E-state index contributed by atoms with van der Waals surface area (Å²) in [4.78, 5) is 10.3. The molecule has 3 nitrogen and oxygen atoms in total. The van der Waals surface area contributed by atoms with E-state index >= 15 is 0 Å². The molecule has 0 radical (unpaired) electrons. The van der Waals surface area contributed by atoms with Crippen molar-refractivity contribution in [3.05, 3.63) is 11.6 Å². The molecule has 0 aromatic heterocycles. The molecule has 11 heavy (non-hydrogen) atoms. The third-order valence-electron chi connectivity index (χ3n) is 1.13. The van der Waals surface area contributed by atoms with Crippen LogP contribution in [0, 0.1) is 17.2 Å². The largest absolute Gasteiger partial charge is 0.545 e. The summed E-state index contributed by atoms with van der Waals surface area (Å²) in [5, 5.41) is 18.5. The Balaban J connectivity index is 4.27. The van der Waals surface area contributed by atoms with E-state index in [0.29, 0.717) is 6.42 Å². The highest BCUT2D eigenvalue weighted by molar-refractivity contribution is 5.85. The summed E-state index contributed by atoms with van der Waals surface area (Å²) in [6.07, 6.45) is 1.41. The van der Waals surface area contributed by atoms with Crippen LogP contribution >= 0.6 is 0 Å². The lowest BCUT2D eigenvalue weighted by atomic mass is 10.0. The van der Waals surface area contributed by atoms with Gasteiger partial charge in [-0.25, -0.2) is 0 Å².